The molecule has 150 valence electrons. The first kappa shape index (κ1) is 19.9. The Kier molecular flexibility index (Phi) is 4.91. The molecule has 0 aliphatic carbocycles. The second-order valence-electron chi connectivity index (χ2n) is 7.26. The van der Waals surface area contributed by atoms with E-state index in [0.29, 0.717) is 22.4 Å². The molecule has 1 unspecified atom stereocenters. The number of primary amides is 1. The fourth-order valence-corrected chi connectivity index (χ4v) is 3.26. The lowest BCUT2D eigenvalue weighted by Gasteiger charge is -2.38. The molecule has 0 saturated carbocycles. The summed E-state index contributed by atoms with van der Waals surface area (Å²) in [7, 11) is 1.19. The van der Waals surface area contributed by atoms with Gasteiger partial charge in [-0.15, -0.1) is 0 Å². The highest BCUT2D eigenvalue weighted by Gasteiger charge is 2.40. The first-order valence-electron chi connectivity index (χ1n) is 8.51. The van der Waals surface area contributed by atoms with Crippen LogP contribution in [-0.4, -0.2) is 19.8 Å². The van der Waals surface area contributed by atoms with E-state index in [0.717, 1.165) is 6.07 Å². The van der Waals surface area contributed by atoms with E-state index in [2.05, 4.69) is 0 Å². The summed E-state index contributed by atoms with van der Waals surface area (Å²) >= 11 is 0. The van der Waals surface area contributed by atoms with Crippen molar-refractivity contribution in [1.82, 2.24) is 0 Å². The summed E-state index contributed by atoms with van der Waals surface area (Å²) in [5, 5.41) is 0. The number of alkyl halides is 3. The predicted octanol–water partition coefficient (Wildman–Crippen LogP) is 4.94. The number of hydrogen-bond donors (Lipinski definition) is 1. The normalized spacial score (nSPS) is 18.0. The number of rotatable bonds is 3. The van der Waals surface area contributed by atoms with E-state index in [1.54, 1.807) is 24.3 Å². The van der Waals surface area contributed by atoms with Gasteiger partial charge < -0.3 is 19.9 Å². The number of methoxy groups -OCH3 is 1. The highest BCUT2D eigenvalue weighted by Crippen LogP contribution is 2.46. The van der Waals surface area contributed by atoms with Crippen LogP contribution in [0.3, 0.4) is 0 Å². The van der Waals surface area contributed by atoms with Gasteiger partial charge in [0.15, 0.2) is 0 Å². The van der Waals surface area contributed by atoms with Crippen LogP contribution in [0.4, 0.5) is 18.0 Å². The maximum atomic E-state index is 13.3. The third-order valence-electron chi connectivity index (χ3n) is 4.68. The lowest BCUT2D eigenvalue weighted by molar-refractivity contribution is -0.138. The predicted molar refractivity (Wildman–Crippen MR) is 96.1 cm³/mol. The van der Waals surface area contributed by atoms with E-state index in [-0.39, 0.29) is 12.4 Å². The molecule has 8 heteroatoms. The van der Waals surface area contributed by atoms with Crippen molar-refractivity contribution >= 4 is 6.09 Å². The van der Waals surface area contributed by atoms with Crippen LogP contribution in [0.2, 0.25) is 0 Å². The molecule has 0 saturated heterocycles. The van der Waals surface area contributed by atoms with Gasteiger partial charge in [-0.3, -0.25) is 0 Å². The fourth-order valence-electron chi connectivity index (χ4n) is 3.26. The van der Waals surface area contributed by atoms with Crippen molar-refractivity contribution in [1.29, 1.82) is 0 Å². The summed E-state index contributed by atoms with van der Waals surface area (Å²) in [5.41, 5.74) is 5.33. The summed E-state index contributed by atoms with van der Waals surface area (Å²) in [4.78, 5) is 11.3. The van der Waals surface area contributed by atoms with Crippen molar-refractivity contribution in [3.63, 3.8) is 0 Å². The number of ether oxygens (including phenoxy) is 3. The molecule has 2 aromatic carbocycles. The molecule has 3 rings (SSSR count). The minimum absolute atomic E-state index is 0.248. The van der Waals surface area contributed by atoms with Crippen LogP contribution in [0.25, 0.3) is 11.1 Å². The van der Waals surface area contributed by atoms with E-state index in [9.17, 15) is 18.0 Å². The standard InChI is InChI=1S/C20H20F3NO4/c1-19(2)10-27-16-9-12(4-6-13(16)17(19)28-18(24)25)11-5-7-15(26-3)14(8-11)20(21,22)23/h4-9,17H,10H2,1-3H3,(H2,24,25). The van der Waals surface area contributed by atoms with E-state index in [1.807, 2.05) is 13.8 Å². The number of amides is 1. The van der Waals surface area contributed by atoms with E-state index >= 15 is 0 Å². The van der Waals surface area contributed by atoms with Crippen LogP contribution in [0.5, 0.6) is 11.5 Å². The molecule has 2 N–H and O–H groups in total. The van der Waals surface area contributed by atoms with E-state index < -0.39 is 29.4 Å². The van der Waals surface area contributed by atoms with E-state index in [4.69, 9.17) is 19.9 Å². The lowest BCUT2D eigenvalue weighted by atomic mass is 9.80. The number of halogens is 3. The van der Waals surface area contributed by atoms with Crippen LogP contribution in [-0.2, 0) is 10.9 Å². The largest absolute Gasteiger partial charge is 0.496 e. The quantitative estimate of drug-likeness (QED) is 0.800. The van der Waals surface area contributed by atoms with Gasteiger partial charge in [0, 0.05) is 11.0 Å². The van der Waals surface area contributed by atoms with Crippen molar-refractivity contribution in [2.45, 2.75) is 26.1 Å². The molecule has 0 spiro atoms. The Balaban J connectivity index is 2.04. The van der Waals surface area contributed by atoms with Crippen LogP contribution in [0, 0.1) is 5.41 Å². The molecule has 0 fully saturated rings. The van der Waals surface area contributed by atoms with Crippen LogP contribution in [0.1, 0.15) is 31.1 Å². The molecule has 1 atom stereocenters. The monoisotopic (exact) mass is 395 g/mol. The summed E-state index contributed by atoms with van der Waals surface area (Å²) < 4.78 is 55.8. The summed E-state index contributed by atoms with van der Waals surface area (Å²) in [6.07, 6.45) is -6.07. The van der Waals surface area contributed by atoms with Gasteiger partial charge in [-0.05, 0) is 29.3 Å². The maximum Gasteiger partial charge on any atom is 0.419 e. The summed E-state index contributed by atoms with van der Waals surface area (Å²) in [6, 6.07) is 8.81. The number of fused-ring (bicyclic) bond motifs is 1. The number of hydrogen-bond acceptors (Lipinski definition) is 4. The van der Waals surface area contributed by atoms with Gasteiger partial charge in [0.1, 0.15) is 17.6 Å². The van der Waals surface area contributed by atoms with Crippen molar-refractivity contribution in [3.8, 4) is 22.6 Å². The Hall–Kier alpha value is -2.90. The number of benzene rings is 2. The topological polar surface area (TPSA) is 70.8 Å². The molecule has 1 amide bonds. The summed E-state index contributed by atoms with van der Waals surface area (Å²) in [5.74, 6) is 0.189. The second-order valence-corrected chi connectivity index (χ2v) is 7.26. The molecule has 28 heavy (non-hydrogen) atoms. The van der Waals surface area contributed by atoms with Crippen LogP contribution in [0.15, 0.2) is 36.4 Å². The minimum atomic E-state index is -4.55. The zero-order chi connectivity index (χ0) is 20.7. The molecular weight excluding hydrogens is 375 g/mol. The van der Waals surface area contributed by atoms with Crippen molar-refractivity contribution in [2.75, 3.05) is 13.7 Å². The molecular formula is C20H20F3NO4. The second kappa shape index (κ2) is 6.92. The minimum Gasteiger partial charge on any atom is -0.496 e. The average molecular weight is 395 g/mol. The van der Waals surface area contributed by atoms with Crippen molar-refractivity contribution in [3.05, 3.63) is 47.5 Å². The third kappa shape index (κ3) is 3.72. The summed E-state index contributed by atoms with van der Waals surface area (Å²) in [6.45, 7) is 4.00. The Morgan fingerprint density at radius 3 is 2.43 bits per heavy atom. The Morgan fingerprint density at radius 2 is 1.82 bits per heavy atom. The van der Waals surface area contributed by atoms with Gasteiger partial charge in [-0.1, -0.05) is 32.0 Å². The molecule has 2 aromatic rings. The third-order valence-corrected chi connectivity index (χ3v) is 4.68. The highest BCUT2D eigenvalue weighted by atomic mass is 19.4. The number of carbonyl (C=O) groups excluding carboxylic acids is 1. The molecule has 5 nitrogen and oxygen atoms in total. The van der Waals surface area contributed by atoms with Gasteiger partial charge in [-0.25, -0.2) is 4.79 Å². The maximum absolute atomic E-state index is 13.3. The van der Waals surface area contributed by atoms with Gasteiger partial charge in [0.05, 0.1) is 19.3 Å². The molecule has 0 aromatic heterocycles. The zero-order valence-electron chi connectivity index (χ0n) is 15.6. The Morgan fingerprint density at radius 1 is 1.18 bits per heavy atom. The van der Waals surface area contributed by atoms with Gasteiger partial charge in [0.2, 0.25) is 0 Å². The van der Waals surface area contributed by atoms with Crippen LogP contribution >= 0.6 is 0 Å². The number of nitrogens with two attached hydrogens (primary N) is 1. The van der Waals surface area contributed by atoms with Gasteiger partial charge in [-0.2, -0.15) is 13.2 Å². The van der Waals surface area contributed by atoms with Crippen LogP contribution < -0.4 is 15.2 Å². The molecule has 1 aliphatic heterocycles. The average Bonchev–Trinajstić information content (AvgIpc) is 2.62. The zero-order valence-corrected chi connectivity index (χ0v) is 15.6. The first-order chi connectivity index (χ1) is 13.0. The first-order valence-corrected chi connectivity index (χ1v) is 8.51. The molecule has 1 heterocycles. The fraction of sp³-hybridized carbons (Fsp3) is 0.350. The Labute approximate surface area is 160 Å². The van der Waals surface area contributed by atoms with E-state index in [1.165, 1.54) is 13.2 Å². The Bertz CT molecular complexity index is 909. The van der Waals surface area contributed by atoms with Crippen molar-refractivity contribution < 1.29 is 32.2 Å². The molecule has 1 aliphatic rings. The SMILES string of the molecule is COc1ccc(-c2ccc3c(c2)OCC(C)(C)C3OC(N)=O)cc1C(F)(F)F. The number of carbonyl (C=O) groups is 1. The van der Waals surface area contributed by atoms with Gasteiger partial charge >= 0.3 is 12.3 Å². The van der Waals surface area contributed by atoms with Crippen molar-refractivity contribution in [2.24, 2.45) is 11.1 Å². The van der Waals surface area contributed by atoms with Gasteiger partial charge in [0.25, 0.3) is 0 Å². The highest BCUT2D eigenvalue weighted by molar-refractivity contribution is 5.69. The smallest absolute Gasteiger partial charge is 0.419 e. The molecule has 0 radical (unpaired) electrons. The molecule has 0 bridgehead atoms. The lowest BCUT2D eigenvalue weighted by Crippen LogP contribution is -2.37.